The predicted octanol–water partition coefficient (Wildman–Crippen LogP) is 3.29. The molecule has 0 radical (unpaired) electrons. The molecule has 29 heavy (non-hydrogen) atoms. The Morgan fingerprint density at radius 3 is 3.00 bits per heavy atom. The lowest BCUT2D eigenvalue weighted by Gasteiger charge is -2.15. The number of likely N-dealkylation sites (tertiary alicyclic amines) is 1. The number of aromatic hydroxyl groups is 1. The number of benzene rings is 1. The molecular formula is C20H18ClN5O3. The molecule has 1 saturated heterocycles. The fourth-order valence-electron chi connectivity index (χ4n) is 3.13. The average Bonchev–Trinajstić information content (AvgIpc) is 3.19. The number of aromatic nitrogens is 3. The lowest BCUT2D eigenvalue weighted by Crippen LogP contribution is -2.29. The van der Waals surface area contributed by atoms with Gasteiger partial charge in [-0.15, -0.1) is 0 Å². The number of anilines is 2. The summed E-state index contributed by atoms with van der Waals surface area (Å²) in [6.07, 6.45) is 3.33. The van der Waals surface area contributed by atoms with E-state index in [0.717, 1.165) is 6.42 Å². The van der Waals surface area contributed by atoms with Gasteiger partial charge in [0, 0.05) is 24.7 Å². The van der Waals surface area contributed by atoms with Crippen LogP contribution in [0.15, 0.2) is 49.3 Å². The Balaban J connectivity index is 1.57. The van der Waals surface area contributed by atoms with Crippen LogP contribution in [0.25, 0.3) is 11.0 Å². The lowest BCUT2D eigenvalue weighted by atomic mass is 10.3. The Bertz CT molecular complexity index is 1090. The Morgan fingerprint density at radius 2 is 2.21 bits per heavy atom. The summed E-state index contributed by atoms with van der Waals surface area (Å²) >= 11 is 5.97. The highest BCUT2D eigenvalue weighted by atomic mass is 35.5. The van der Waals surface area contributed by atoms with Crippen molar-refractivity contribution in [3.63, 3.8) is 0 Å². The molecule has 1 amide bonds. The summed E-state index contributed by atoms with van der Waals surface area (Å²) in [4.78, 5) is 26.5. The van der Waals surface area contributed by atoms with E-state index in [1.807, 2.05) is 0 Å². The topological polar surface area (TPSA) is 100 Å². The van der Waals surface area contributed by atoms with Crippen molar-refractivity contribution in [3.8, 4) is 11.6 Å². The molecule has 1 aliphatic rings. The number of halogens is 1. The number of fused-ring (bicyclic) bond motifs is 1. The van der Waals surface area contributed by atoms with Gasteiger partial charge in [0.1, 0.15) is 23.7 Å². The van der Waals surface area contributed by atoms with E-state index in [9.17, 15) is 9.90 Å². The van der Waals surface area contributed by atoms with E-state index in [0.29, 0.717) is 41.5 Å². The third-order valence-electron chi connectivity index (χ3n) is 4.59. The van der Waals surface area contributed by atoms with E-state index in [2.05, 4.69) is 26.8 Å². The van der Waals surface area contributed by atoms with Gasteiger partial charge in [-0.3, -0.25) is 4.79 Å². The highest BCUT2D eigenvalue weighted by molar-refractivity contribution is 6.32. The zero-order valence-electron chi connectivity index (χ0n) is 15.4. The van der Waals surface area contributed by atoms with Crippen molar-refractivity contribution in [3.05, 3.63) is 54.3 Å². The van der Waals surface area contributed by atoms with E-state index in [-0.39, 0.29) is 22.8 Å². The molecule has 1 unspecified atom stereocenters. The van der Waals surface area contributed by atoms with Crippen LogP contribution in [0, 0.1) is 0 Å². The number of nitrogens with zero attached hydrogens (tertiary/aromatic N) is 4. The maximum atomic E-state index is 11.7. The van der Waals surface area contributed by atoms with Gasteiger partial charge in [-0.2, -0.15) is 0 Å². The van der Waals surface area contributed by atoms with Crippen LogP contribution in [0.2, 0.25) is 5.02 Å². The van der Waals surface area contributed by atoms with Gasteiger partial charge >= 0.3 is 0 Å². The van der Waals surface area contributed by atoms with E-state index < -0.39 is 0 Å². The quantitative estimate of drug-likeness (QED) is 0.490. The van der Waals surface area contributed by atoms with Crippen molar-refractivity contribution in [2.45, 2.75) is 12.5 Å². The molecule has 148 valence electrons. The molecule has 2 aromatic heterocycles. The van der Waals surface area contributed by atoms with Crippen LogP contribution in [0.4, 0.5) is 11.5 Å². The van der Waals surface area contributed by atoms with Crippen molar-refractivity contribution in [1.29, 1.82) is 0 Å². The highest BCUT2D eigenvalue weighted by Crippen LogP contribution is 2.29. The Hall–Kier alpha value is -3.39. The van der Waals surface area contributed by atoms with Crippen LogP contribution in [0.1, 0.15) is 6.42 Å². The Kier molecular flexibility index (Phi) is 5.18. The second kappa shape index (κ2) is 7.92. The van der Waals surface area contributed by atoms with Crippen LogP contribution >= 0.6 is 11.6 Å². The van der Waals surface area contributed by atoms with Gasteiger partial charge < -0.3 is 20.1 Å². The van der Waals surface area contributed by atoms with E-state index in [1.165, 1.54) is 18.5 Å². The van der Waals surface area contributed by atoms with Gasteiger partial charge in [0.15, 0.2) is 5.82 Å². The summed E-state index contributed by atoms with van der Waals surface area (Å²) < 4.78 is 5.97. The summed E-state index contributed by atoms with van der Waals surface area (Å²) in [6, 6.07) is 8.31. The molecule has 3 aromatic rings. The third kappa shape index (κ3) is 4.07. The smallest absolute Gasteiger partial charge is 0.246 e. The normalized spacial score (nSPS) is 16.0. The molecule has 2 N–H and O–H groups in total. The van der Waals surface area contributed by atoms with Crippen molar-refractivity contribution < 1.29 is 14.6 Å². The summed E-state index contributed by atoms with van der Waals surface area (Å²) in [5, 5.41) is 12.9. The van der Waals surface area contributed by atoms with Crippen molar-refractivity contribution >= 4 is 40.0 Å². The number of phenols is 1. The van der Waals surface area contributed by atoms with Crippen molar-refractivity contribution in [2.75, 3.05) is 18.4 Å². The van der Waals surface area contributed by atoms with Gasteiger partial charge in [-0.05, 0) is 30.3 Å². The first-order valence-electron chi connectivity index (χ1n) is 8.99. The van der Waals surface area contributed by atoms with Crippen LogP contribution in [-0.2, 0) is 4.79 Å². The minimum Gasteiger partial charge on any atom is -0.506 e. The Labute approximate surface area is 171 Å². The molecule has 3 heterocycles. The standard InChI is InChI=1S/C20H18ClN5O3/c1-2-18(28)26-8-7-13(10-26)29-17-6-4-15-19(25-17)20(23-11-22-15)24-12-3-5-16(27)14(21)9-12/h2-6,9,11,13,27H,1,7-8,10H2,(H,22,23,24). The molecule has 1 aromatic carbocycles. The minimum atomic E-state index is -0.138. The third-order valence-corrected chi connectivity index (χ3v) is 4.89. The number of phenolic OH excluding ortho intramolecular Hbond substituents is 1. The van der Waals surface area contributed by atoms with E-state index in [1.54, 1.807) is 29.2 Å². The molecule has 4 rings (SSSR count). The summed E-state index contributed by atoms with van der Waals surface area (Å²) in [5.41, 5.74) is 1.83. The highest BCUT2D eigenvalue weighted by Gasteiger charge is 2.26. The van der Waals surface area contributed by atoms with E-state index in [4.69, 9.17) is 16.3 Å². The molecule has 0 bridgehead atoms. The molecule has 0 spiro atoms. The van der Waals surface area contributed by atoms with Crippen LogP contribution < -0.4 is 10.1 Å². The number of ether oxygens (including phenoxy) is 1. The Morgan fingerprint density at radius 1 is 1.34 bits per heavy atom. The molecule has 1 atom stereocenters. The summed E-state index contributed by atoms with van der Waals surface area (Å²) in [5.74, 6) is 0.809. The second-order valence-corrected chi connectivity index (χ2v) is 6.95. The van der Waals surface area contributed by atoms with Gasteiger partial charge in [0.25, 0.3) is 0 Å². The van der Waals surface area contributed by atoms with Gasteiger partial charge in [-0.1, -0.05) is 18.2 Å². The number of pyridine rings is 1. The molecule has 0 saturated carbocycles. The number of amides is 1. The molecular weight excluding hydrogens is 394 g/mol. The lowest BCUT2D eigenvalue weighted by molar-refractivity contribution is -0.125. The van der Waals surface area contributed by atoms with Gasteiger partial charge in [0.2, 0.25) is 11.8 Å². The zero-order valence-corrected chi connectivity index (χ0v) is 16.1. The first-order valence-corrected chi connectivity index (χ1v) is 9.36. The monoisotopic (exact) mass is 411 g/mol. The number of rotatable bonds is 5. The van der Waals surface area contributed by atoms with Crippen LogP contribution in [0.3, 0.4) is 0 Å². The number of hydrogen-bond donors (Lipinski definition) is 2. The summed E-state index contributed by atoms with van der Waals surface area (Å²) in [6.45, 7) is 4.63. The van der Waals surface area contributed by atoms with Crippen molar-refractivity contribution in [1.82, 2.24) is 19.9 Å². The minimum absolute atomic E-state index is 0.000818. The maximum absolute atomic E-state index is 11.7. The molecule has 1 fully saturated rings. The SMILES string of the molecule is C=CC(=O)N1CCC(Oc2ccc3ncnc(Nc4ccc(O)c(Cl)c4)c3n2)C1. The number of nitrogens with one attached hydrogen (secondary N) is 1. The molecule has 8 nitrogen and oxygen atoms in total. The molecule has 9 heteroatoms. The second-order valence-electron chi connectivity index (χ2n) is 6.55. The zero-order chi connectivity index (χ0) is 20.4. The van der Waals surface area contributed by atoms with E-state index >= 15 is 0 Å². The fourth-order valence-corrected chi connectivity index (χ4v) is 3.31. The van der Waals surface area contributed by atoms with Gasteiger partial charge in [0.05, 0.1) is 17.1 Å². The number of hydrogen-bond acceptors (Lipinski definition) is 7. The summed E-state index contributed by atoms with van der Waals surface area (Å²) in [7, 11) is 0. The molecule has 0 aliphatic carbocycles. The first-order chi connectivity index (χ1) is 14.0. The number of carbonyl (C=O) groups is 1. The fraction of sp³-hybridized carbons (Fsp3) is 0.200. The van der Waals surface area contributed by atoms with Gasteiger partial charge in [-0.25, -0.2) is 15.0 Å². The first kappa shape index (κ1) is 18.9. The number of carbonyl (C=O) groups excluding carboxylic acids is 1. The maximum Gasteiger partial charge on any atom is 0.246 e. The largest absolute Gasteiger partial charge is 0.506 e. The average molecular weight is 412 g/mol. The molecule has 1 aliphatic heterocycles. The predicted molar refractivity (Wildman–Crippen MR) is 110 cm³/mol. The van der Waals surface area contributed by atoms with Crippen molar-refractivity contribution in [2.24, 2.45) is 0 Å². The van der Waals surface area contributed by atoms with Crippen LogP contribution in [0.5, 0.6) is 11.6 Å². The van der Waals surface area contributed by atoms with Crippen LogP contribution in [-0.4, -0.2) is 50.1 Å².